The first kappa shape index (κ1) is 20.8. The molecule has 3 heterocycles. The van der Waals surface area contributed by atoms with Crippen molar-refractivity contribution in [2.75, 3.05) is 0 Å². The number of imidazole rings is 1. The van der Waals surface area contributed by atoms with E-state index < -0.39 is 60.4 Å². The average molecular weight is 828 g/mol. The van der Waals surface area contributed by atoms with Gasteiger partial charge in [0.15, 0.2) is 0 Å². The van der Waals surface area contributed by atoms with Gasteiger partial charge in [-0.1, -0.05) is 127 Å². The molecule has 0 N–H and O–H groups in total. The first-order valence-corrected chi connectivity index (χ1v) is 17.5. The first-order chi connectivity index (χ1) is 28.0. The number of nitrogens with zero attached hydrogens (tertiary/aromatic N) is 4. The van der Waals surface area contributed by atoms with Crippen molar-refractivity contribution < 1.29 is 37.0 Å². The number of halogens is 1. The molecule has 9 aromatic rings. The molecule has 0 saturated heterocycles. The van der Waals surface area contributed by atoms with Crippen LogP contribution in [0, 0.1) is 12.4 Å². The number of benzene rings is 6. The van der Waals surface area contributed by atoms with Gasteiger partial charge in [0.1, 0.15) is 5.65 Å². The van der Waals surface area contributed by atoms with E-state index >= 15 is 0 Å². The molecule has 0 aliphatic carbocycles. The van der Waals surface area contributed by atoms with Crippen molar-refractivity contribution in [1.29, 1.82) is 0 Å². The third kappa shape index (κ3) is 5.15. The Labute approximate surface area is 308 Å². The van der Waals surface area contributed by atoms with E-state index in [1.165, 1.54) is 0 Å². The molecule has 9 rings (SSSR count). The maximum absolute atomic E-state index is 8.93. The van der Waals surface area contributed by atoms with E-state index in [0.29, 0.717) is 22.4 Å². The van der Waals surface area contributed by atoms with Gasteiger partial charge in [0.05, 0.1) is 35.9 Å². The van der Waals surface area contributed by atoms with Gasteiger partial charge in [-0.25, -0.2) is 4.98 Å². The third-order valence-electron chi connectivity index (χ3n) is 8.04. The molecule has 4 nitrogen and oxygen atoms in total. The summed E-state index contributed by atoms with van der Waals surface area (Å²) in [5, 5.41) is 2.02. The summed E-state index contributed by atoms with van der Waals surface area (Å²) in [5.74, 6) is 0. The minimum absolute atomic E-state index is 0.120. The summed E-state index contributed by atoms with van der Waals surface area (Å²) in [4.78, 5) is 4.72. The van der Waals surface area contributed by atoms with Crippen molar-refractivity contribution in [2.45, 2.75) is 0 Å². The van der Waals surface area contributed by atoms with Crippen LogP contribution < -0.4 is 4.57 Å². The van der Waals surface area contributed by atoms with Gasteiger partial charge in [-0.05, 0) is 46.1 Å². The van der Waals surface area contributed by atoms with E-state index in [1.807, 2.05) is 77.4 Å². The number of hydrogen-bond acceptors (Lipinski definition) is 1. The Kier molecular flexibility index (Phi) is 5.68. The topological polar surface area (TPSA) is 26.6 Å². The Bertz CT molecular complexity index is 2930. The van der Waals surface area contributed by atoms with E-state index in [2.05, 4.69) is 27.9 Å². The fourth-order valence-electron chi connectivity index (χ4n) is 6.11. The van der Waals surface area contributed by atoms with E-state index in [0.717, 1.165) is 21.9 Å². The summed E-state index contributed by atoms with van der Waals surface area (Å²) in [7, 11) is 4.61. The summed E-state index contributed by atoms with van der Waals surface area (Å²) in [6.07, 6.45) is 5.17. The fourth-order valence-corrected chi connectivity index (χ4v) is 6.11. The van der Waals surface area contributed by atoms with Crippen molar-refractivity contribution in [3.8, 4) is 39.3 Å². The quantitative estimate of drug-likeness (QED) is 0.125. The van der Waals surface area contributed by atoms with E-state index in [-0.39, 0.29) is 27.9 Å². The van der Waals surface area contributed by atoms with Crippen LogP contribution >= 0.6 is 9.42 Å². The summed E-state index contributed by atoms with van der Waals surface area (Å²) in [5.41, 5.74) is 4.53. The molecule has 233 valence electrons. The van der Waals surface area contributed by atoms with Gasteiger partial charge in [-0.2, -0.15) is 18.2 Å². The van der Waals surface area contributed by atoms with Gasteiger partial charge in [0.2, 0.25) is 0 Å². The molecule has 0 radical (unpaired) electrons. The van der Waals surface area contributed by atoms with Crippen LogP contribution in [0.4, 0.5) is 0 Å². The first-order valence-electron chi connectivity index (χ1n) is 19.7. The Morgan fingerprint density at radius 1 is 0.625 bits per heavy atom. The van der Waals surface area contributed by atoms with E-state index in [9.17, 15) is 0 Å². The number of rotatable bonds is 5. The molecule has 0 bridgehead atoms. The molecular weight excluding hydrogens is 791 g/mol. The van der Waals surface area contributed by atoms with Gasteiger partial charge in [0.25, 0.3) is 6.33 Å². The van der Waals surface area contributed by atoms with Crippen molar-refractivity contribution in [1.82, 2.24) is 14.1 Å². The van der Waals surface area contributed by atoms with Crippen LogP contribution in [-0.4, -0.2) is 14.1 Å². The standard InChI is InChI=1S/C42H27N4.ClH.Pt/c1-3-14-30(15-4-1)34-21-12-22-35(31-16-5-2-6-17-31)41(34)45-29-44(39-25-9-10-26-40(39)45)32-18-11-19-33(28-32)46-38-24-8-7-20-36(38)37-23-13-27-43-42(37)46;;/h1-27H;1H;/q-1;;+1/p-1/i1D,2D,3D,4D,5D,6D,14D,15D,16D,17D;;. The zero-order chi connectivity index (χ0) is 41.2. The SMILES string of the molecule is [2H]c1c([2H])c([2H])c(-c2cccc(-c3c([2H])c([2H])c([2H])c([2H])c3[2H])c2-[n+]2[c-]n(-c3[c-]c(-n4c5ccccc5c5cccnc54)ccc3)c3ccccc32)c([2H])c1[2H].[Cl][Pt]. The number of para-hydroxylation sites is 4. The molecule has 0 fully saturated rings. The molecule has 6 aromatic carbocycles. The van der Waals surface area contributed by atoms with Crippen LogP contribution in [0.25, 0.3) is 72.3 Å². The van der Waals surface area contributed by atoms with Crippen LogP contribution in [0.5, 0.6) is 0 Å². The van der Waals surface area contributed by atoms with Crippen molar-refractivity contribution in [3.05, 3.63) is 176 Å². The molecule has 3 aromatic heterocycles. The Morgan fingerprint density at radius 3 is 1.96 bits per heavy atom. The summed E-state index contributed by atoms with van der Waals surface area (Å²) in [6.45, 7) is 0. The average Bonchev–Trinajstić information content (AvgIpc) is 3.81. The van der Waals surface area contributed by atoms with E-state index in [1.54, 1.807) is 52.3 Å². The Balaban J connectivity index is 0.00000231. The Morgan fingerprint density at radius 2 is 1.23 bits per heavy atom. The second-order valence-electron chi connectivity index (χ2n) is 10.6. The molecule has 0 spiro atoms. The summed E-state index contributed by atoms with van der Waals surface area (Å²) >= 11 is 1.61. The molecule has 0 saturated carbocycles. The van der Waals surface area contributed by atoms with Crippen LogP contribution in [0.15, 0.2) is 164 Å². The number of fused-ring (bicyclic) bond motifs is 4. The van der Waals surface area contributed by atoms with Gasteiger partial charge in [-0.15, -0.1) is 6.07 Å². The van der Waals surface area contributed by atoms with Gasteiger partial charge >= 0.3 is 28.2 Å². The normalized spacial score (nSPS) is 14.1. The zero-order valence-corrected chi connectivity index (χ0v) is 27.8. The fraction of sp³-hybridized carbons (Fsp3) is 0. The van der Waals surface area contributed by atoms with Crippen molar-refractivity contribution in [2.24, 2.45) is 0 Å². The third-order valence-corrected chi connectivity index (χ3v) is 8.04. The molecule has 0 unspecified atom stereocenters. The van der Waals surface area contributed by atoms with Crippen LogP contribution in [-0.2, 0) is 18.8 Å². The van der Waals surface area contributed by atoms with Gasteiger partial charge in [0, 0.05) is 17.0 Å². The summed E-state index contributed by atoms with van der Waals surface area (Å²) in [6, 6.07) is 28.3. The molecular formula is C42H27ClN4Pt-. The number of pyridine rings is 1. The van der Waals surface area contributed by atoms with Crippen LogP contribution in [0.1, 0.15) is 13.7 Å². The molecule has 6 heteroatoms. The monoisotopic (exact) mass is 827 g/mol. The molecule has 0 aliphatic heterocycles. The Hall–Kier alpha value is -5.28. The molecule has 48 heavy (non-hydrogen) atoms. The maximum atomic E-state index is 8.93. The van der Waals surface area contributed by atoms with Crippen molar-refractivity contribution in [3.63, 3.8) is 0 Å². The predicted octanol–water partition coefficient (Wildman–Crippen LogP) is 10.0. The molecule has 0 amide bonds. The number of aromatic nitrogens is 4. The van der Waals surface area contributed by atoms with Gasteiger partial charge < -0.3 is 9.13 Å². The van der Waals surface area contributed by atoms with Gasteiger partial charge in [-0.3, -0.25) is 4.57 Å². The predicted molar refractivity (Wildman–Crippen MR) is 191 cm³/mol. The zero-order valence-electron chi connectivity index (χ0n) is 34.8. The van der Waals surface area contributed by atoms with Crippen molar-refractivity contribution >= 4 is 42.4 Å². The minimum atomic E-state index is -0.559. The molecule has 0 atom stereocenters. The van der Waals surface area contributed by atoms with Crippen LogP contribution in [0.2, 0.25) is 0 Å². The second kappa shape index (κ2) is 13.1. The molecule has 0 aliphatic rings. The summed E-state index contributed by atoms with van der Waals surface area (Å²) < 4.78 is 91.6. The van der Waals surface area contributed by atoms with Crippen LogP contribution in [0.3, 0.4) is 0 Å². The second-order valence-corrected chi connectivity index (χ2v) is 10.6. The van der Waals surface area contributed by atoms with E-state index in [4.69, 9.17) is 18.7 Å². The number of hydrogen-bond donors (Lipinski definition) is 0.